The number of pyridine rings is 1. The molecule has 0 bridgehead atoms. The molecule has 1 saturated heterocycles. The summed E-state index contributed by atoms with van der Waals surface area (Å²) in [6, 6.07) is 2.99. The van der Waals surface area contributed by atoms with Gasteiger partial charge in [-0.3, -0.25) is 4.98 Å². The quantitative estimate of drug-likeness (QED) is 0.908. The molecule has 0 aliphatic carbocycles. The number of thioether (sulfide) groups is 1. The van der Waals surface area contributed by atoms with E-state index >= 15 is 0 Å². The molecule has 2 atom stereocenters. The lowest BCUT2D eigenvalue weighted by Crippen LogP contribution is -2.38. The van der Waals surface area contributed by atoms with Gasteiger partial charge >= 0.3 is 0 Å². The van der Waals surface area contributed by atoms with Gasteiger partial charge in [0.2, 0.25) is 0 Å². The van der Waals surface area contributed by atoms with Crippen molar-refractivity contribution in [2.45, 2.75) is 24.6 Å². The topological polar surface area (TPSA) is 42.1 Å². The summed E-state index contributed by atoms with van der Waals surface area (Å²) in [4.78, 5) is 6.48. The standard InChI is InChI=1S/C13H20FN3S/c1-10-9-17(6-7-18-10)5-4-12(15)13-3-2-11(14)8-16-13/h2-3,8,10,12H,4-7,9,15H2,1H3. The summed E-state index contributed by atoms with van der Waals surface area (Å²) in [5, 5.41) is 0.707. The second-order valence-electron chi connectivity index (χ2n) is 4.78. The van der Waals surface area contributed by atoms with Gasteiger partial charge in [0.1, 0.15) is 5.82 Å². The molecule has 1 fully saturated rings. The molecule has 18 heavy (non-hydrogen) atoms. The predicted molar refractivity (Wildman–Crippen MR) is 74.1 cm³/mol. The number of nitrogens with zero attached hydrogens (tertiary/aromatic N) is 2. The maximum Gasteiger partial charge on any atom is 0.141 e. The lowest BCUT2D eigenvalue weighted by Gasteiger charge is -2.31. The number of halogens is 1. The van der Waals surface area contributed by atoms with Crippen molar-refractivity contribution >= 4 is 11.8 Å². The Morgan fingerprint density at radius 2 is 2.44 bits per heavy atom. The third-order valence-corrected chi connectivity index (χ3v) is 4.35. The summed E-state index contributed by atoms with van der Waals surface area (Å²) in [6.07, 6.45) is 2.10. The van der Waals surface area contributed by atoms with Crippen molar-refractivity contribution in [3.05, 3.63) is 29.8 Å². The first-order valence-electron chi connectivity index (χ1n) is 6.36. The van der Waals surface area contributed by atoms with Crippen LogP contribution < -0.4 is 5.73 Å². The van der Waals surface area contributed by atoms with Crippen LogP contribution in [0.25, 0.3) is 0 Å². The van der Waals surface area contributed by atoms with Crippen molar-refractivity contribution in [1.29, 1.82) is 0 Å². The molecule has 2 heterocycles. The van der Waals surface area contributed by atoms with Gasteiger partial charge in [-0.15, -0.1) is 0 Å². The molecule has 1 aliphatic rings. The fraction of sp³-hybridized carbons (Fsp3) is 0.615. The Bertz CT molecular complexity index is 371. The summed E-state index contributed by atoms with van der Waals surface area (Å²) < 4.78 is 12.8. The summed E-state index contributed by atoms with van der Waals surface area (Å²) in [5.74, 6) is 0.887. The van der Waals surface area contributed by atoms with Gasteiger partial charge in [0.15, 0.2) is 0 Å². The molecule has 2 N–H and O–H groups in total. The Morgan fingerprint density at radius 1 is 1.61 bits per heavy atom. The zero-order chi connectivity index (χ0) is 13.0. The summed E-state index contributed by atoms with van der Waals surface area (Å²) in [5.41, 5.74) is 6.85. The van der Waals surface area contributed by atoms with Gasteiger partial charge in [-0.05, 0) is 18.6 Å². The number of aromatic nitrogens is 1. The van der Waals surface area contributed by atoms with Gasteiger partial charge in [-0.1, -0.05) is 6.92 Å². The van der Waals surface area contributed by atoms with E-state index in [-0.39, 0.29) is 11.9 Å². The Labute approximate surface area is 112 Å². The molecular formula is C13H20FN3S. The molecule has 5 heteroatoms. The van der Waals surface area contributed by atoms with Crippen LogP contribution in [-0.2, 0) is 0 Å². The smallest absolute Gasteiger partial charge is 0.141 e. The lowest BCUT2D eigenvalue weighted by molar-refractivity contribution is 0.274. The van der Waals surface area contributed by atoms with Gasteiger partial charge < -0.3 is 10.6 Å². The first-order chi connectivity index (χ1) is 8.65. The van der Waals surface area contributed by atoms with Crippen molar-refractivity contribution in [2.24, 2.45) is 5.73 Å². The third kappa shape index (κ3) is 3.93. The van der Waals surface area contributed by atoms with E-state index in [0.717, 1.165) is 31.7 Å². The average Bonchev–Trinajstić information content (AvgIpc) is 2.37. The Kier molecular flexibility index (Phi) is 4.97. The third-order valence-electron chi connectivity index (χ3n) is 3.21. The Morgan fingerprint density at radius 3 is 3.11 bits per heavy atom. The lowest BCUT2D eigenvalue weighted by atomic mass is 10.1. The van der Waals surface area contributed by atoms with Crippen molar-refractivity contribution in [3.8, 4) is 0 Å². The van der Waals surface area contributed by atoms with E-state index in [9.17, 15) is 4.39 Å². The highest BCUT2D eigenvalue weighted by atomic mass is 32.2. The summed E-state index contributed by atoms with van der Waals surface area (Å²) >= 11 is 2.03. The van der Waals surface area contributed by atoms with Gasteiger partial charge in [-0.25, -0.2) is 4.39 Å². The van der Waals surface area contributed by atoms with E-state index in [1.807, 2.05) is 11.8 Å². The van der Waals surface area contributed by atoms with Gasteiger partial charge in [0.25, 0.3) is 0 Å². The van der Waals surface area contributed by atoms with Crippen LogP contribution in [0.2, 0.25) is 0 Å². The fourth-order valence-electron chi connectivity index (χ4n) is 2.17. The zero-order valence-electron chi connectivity index (χ0n) is 10.7. The van der Waals surface area contributed by atoms with Crippen molar-refractivity contribution < 1.29 is 4.39 Å². The fourth-order valence-corrected chi connectivity index (χ4v) is 3.25. The molecule has 0 saturated carbocycles. The van der Waals surface area contributed by atoms with Gasteiger partial charge in [0.05, 0.1) is 11.9 Å². The van der Waals surface area contributed by atoms with E-state index in [2.05, 4.69) is 16.8 Å². The second-order valence-corrected chi connectivity index (χ2v) is 6.32. The number of nitrogens with two attached hydrogens (primary N) is 1. The minimum atomic E-state index is -0.312. The molecule has 2 rings (SSSR count). The SMILES string of the molecule is CC1CN(CCC(N)c2ccc(F)cn2)CCS1. The van der Waals surface area contributed by atoms with Crippen molar-refractivity contribution in [1.82, 2.24) is 9.88 Å². The molecule has 1 aromatic rings. The van der Waals surface area contributed by atoms with Gasteiger partial charge in [-0.2, -0.15) is 11.8 Å². The molecule has 0 aromatic carbocycles. The van der Waals surface area contributed by atoms with Crippen LogP contribution in [0.5, 0.6) is 0 Å². The van der Waals surface area contributed by atoms with Crippen molar-refractivity contribution in [3.63, 3.8) is 0 Å². The molecule has 100 valence electrons. The average molecular weight is 269 g/mol. The molecule has 1 aromatic heterocycles. The summed E-state index contributed by atoms with van der Waals surface area (Å²) in [7, 11) is 0. The van der Waals surface area contributed by atoms with Crippen LogP contribution >= 0.6 is 11.8 Å². The zero-order valence-corrected chi connectivity index (χ0v) is 11.5. The molecule has 1 aliphatic heterocycles. The molecule has 0 spiro atoms. The van der Waals surface area contributed by atoms with Gasteiger partial charge in [0, 0.05) is 36.7 Å². The normalized spacial score (nSPS) is 22.9. The number of hydrogen-bond acceptors (Lipinski definition) is 4. The monoisotopic (exact) mass is 269 g/mol. The first kappa shape index (κ1) is 13.8. The highest BCUT2D eigenvalue weighted by Gasteiger charge is 2.17. The summed E-state index contributed by atoms with van der Waals surface area (Å²) in [6.45, 7) is 5.52. The maximum atomic E-state index is 12.8. The Balaban J connectivity index is 1.80. The predicted octanol–water partition coefficient (Wildman–Crippen LogP) is 2.05. The van der Waals surface area contributed by atoms with Crippen LogP contribution in [0, 0.1) is 5.82 Å². The first-order valence-corrected chi connectivity index (χ1v) is 7.41. The van der Waals surface area contributed by atoms with E-state index in [1.54, 1.807) is 6.07 Å². The van der Waals surface area contributed by atoms with Crippen LogP contribution in [0.15, 0.2) is 18.3 Å². The van der Waals surface area contributed by atoms with E-state index in [1.165, 1.54) is 18.0 Å². The highest BCUT2D eigenvalue weighted by molar-refractivity contribution is 7.99. The molecule has 0 amide bonds. The van der Waals surface area contributed by atoms with Crippen LogP contribution in [0.3, 0.4) is 0 Å². The maximum absolute atomic E-state index is 12.8. The van der Waals surface area contributed by atoms with Crippen molar-refractivity contribution in [2.75, 3.05) is 25.4 Å². The van der Waals surface area contributed by atoms with Crippen LogP contribution in [0.4, 0.5) is 4.39 Å². The minimum absolute atomic E-state index is 0.101. The molecule has 3 nitrogen and oxygen atoms in total. The molecule has 0 radical (unpaired) electrons. The largest absolute Gasteiger partial charge is 0.323 e. The molecular weight excluding hydrogens is 249 g/mol. The number of hydrogen-bond donors (Lipinski definition) is 1. The second kappa shape index (κ2) is 6.50. The van der Waals surface area contributed by atoms with E-state index in [4.69, 9.17) is 5.73 Å². The van der Waals surface area contributed by atoms with E-state index < -0.39 is 0 Å². The van der Waals surface area contributed by atoms with Crippen LogP contribution in [-0.4, -0.2) is 40.5 Å². The minimum Gasteiger partial charge on any atom is -0.323 e. The Hall–Kier alpha value is -0.650. The number of rotatable bonds is 4. The molecule has 2 unspecified atom stereocenters. The highest BCUT2D eigenvalue weighted by Crippen LogP contribution is 2.19. The van der Waals surface area contributed by atoms with E-state index in [0.29, 0.717) is 5.25 Å². The van der Waals surface area contributed by atoms with Crippen LogP contribution in [0.1, 0.15) is 25.1 Å².